The summed E-state index contributed by atoms with van der Waals surface area (Å²) in [6.07, 6.45) is 2.58. The quantitative estimate of drug-likeness (QED) is 0.695. The van der Waals surface area contributed by atoms with Gasteiger partial charge < -0.3 is 5.11 Å². The number of nitrogens with zero attached hydrogens (tertiary/aromatic N) is 3. The molecule has 0 spiro atoms. The summed E-state index contributed by atoms with van der Waals surface area (Å²) >= 11 is 0. The molecule has 0 saturated carbocycles. The molecule has 1 aliphatic heterocycles. The van der Waals surface area contributed by atoms with Gasteiger partial charge in [0.1, 0.15) is 0 Å². The van der Waals surface area contributed by atoms with E-state index in [1.165, 1.54) is 12.4 Å². The lowest BCUT2D eigenvalue weighted by Crippen LogP contribution is -2.31. The largest absolute Gasteiger partial charge is 0.476 e. The maximum Gasteiger partial charge on any atom is 0.358 e. The Balaban J connectivity index is 2.51. The second kappa shape index (κ2) is 3.69. The van der Waals surface area contributed by atoms with Gasteiger partial charge in [0.2, 0.25) is 11.8 Å². The number of aromatic carboxylic acids is 1. The number of carbonyl (C=O) groups excluding carboxylic acids is 2. The number of carbonyl (C=O) groups is 3. The van der Waals surface area contributed by atoms with E-state index in [1.807, 2.05) is 0 Å². The third kappa shape index (κ3) is 1.52. The Morgan fingerprint density at radius 2 is 1.75 bits per heavy atom. The molecule has 0 aliphatic carbocycles. The van der Waals surface area contributed by atoms with E-state index in [4.69, 9.17) is 5.11 Å². The first-order chi connectivity index (χ1) is 7.61. The van der Waals surface area contributed by atoms with Gasteiger partial charge in [-0.15, -0.1) is 0 Å². The molecular weight excluding hydrogens is 214 g/mol. The number of rotatable bonds is 2. The zero-order valence-corrected chi connectivity index (χ0v) is 8.08. The molecule has 1 aromatic heterocycles. The van der Waals surface area contributed by atoms with E-state index < -0.39 is 23.5 Å². The Morgan fingerprint density at radius 1 is 1.19 bits per heavy atom. The number of hydrogen-bond donors (Lipinski definition) is 1. The lowest BCUT2D eigenvalue weighted by molar-refractivity contribution is -0.121. The van der Waals surface area contributed by atoms with Crippen molar-refractivity contribution >= 4 is 23.6 Å². The van der Waals surface area contributed by atoms with Crippen LogP contribution in [0.1, 0.15) is 23.3 Å². The normalized spacial score (nSPS) is 15.6. The zero-order chi connectivity index (χ0) is 11.7. The number of aromatic nitrogens is 2. The van der Waals surface area contributed by atoms with Crippen molar-refractivity contribution < 1.29 is 19.5 Å². The minimum Gasteiger partial charge on any atom is -0.476 e. The van der Waals surface area contributed by atoms with Crippen LogP contribution in [-0.4, -0.2) is 32.9 Å². The Labute approximate surface area is 89.7 Å². The van der Waals surface area contributed by atoms with Crippen LogP contribution in [0, 0.1) is 0 Å². The van der Waals surface area contributed by atoms with Crippen LogP contribution in [-0.2, 0) is 9.59 Å². The fraction of sp³-hybridized carbons (Fsp3) is 0.222. The van der Waals surface area contributed by atoms with E-state index in [9.17, 15) is 14.4 Å². The summed E-state index contributed by atoms with van der Waals surface area (Å²) in [5, 5.41) is 8.85. The molecule has 1 aliphatic rings. The molecule has 1 fully saturated rings. The van der Waals surface area contributed by atoms with Gasteiger partial charge in [0.15, 0.2) is 11.5 Å². The van der Waals surface area contributed by atoms with E-state index in [0.717, 1.165) is 4.90 Å². The van der Waals surface area contributed by atoms with Gasteiger partial charge in [-0.25, -0.2) is 19.7 Å². The fourth-order valence-electron chi connectivity index (χ4n) is 1.46. The highest BCUT2D eigenvalue weighted by molar-refractivity contribution is 6.20. The van der Waals surface area contributed by atoms with Gasteiger partial charge in [0, 0.05) is 25.2 Å². The number of hydrogen-bond acceptors (Lipinski definition) is 5. The molecule has 2 amide bonds. The number of anilines is 1. The molecule has 7 nitrogen and oxygen atoms in total. The van der Waals surface area contributed by atoms with E-state index in [1.54, 1.807) is 0 Å². The molecule has 0 radical (unpaired) electrons. The standard InChI is InChI=1S/C9H7N3O4/c13-5-1-2-6(14)12(5)8-7(9(15)16)10-3-4-11-8/h3-4H,1-2H2,(H,15,16). The molecule has 2 heterocycles. The SMILES string of the molecule is O=C(O)c1nccnc1N1C(=O)CCC1=O. The van der Waals surface area contributed by atoms with Crippen LogP contribution < -0.4 is 4.90 Å². The number of carboxylic acids is 1. The number of carboxylic acid groups (broad SMARTS) is 1. The van der Waals surface area contributed by atoms with Crippen molar-refractivity contribution in [2.24, 2.45) is 0 Å². The van der Waals surface area contributed by atoms with Crippen LogP contribution in [0.4, 0.5) is 5.82 Å². The first-order valence-corrected chi connectivity index (χ1v) is 4.51. The molecule has 1 saturated heterocycles. The molecule has 0 atom stereocenters. The zero-order valence-electron chi connectivity index (χ0n) is 8.08. The molecule has 0 unspecified atom stereocenters. The van der Waals surface area contributed by atoms with Gasteiger partial charge in [-0.3, -0.25) is 9.59 Å². The summed E-state index contributed by atoms with van der Waals surface area (Å²) in [7, 11) is 0. The number of imide groups is 1. The maximum atomic E-state index is 11.4. The lowest BCUT2D eigenvalue weighted by Gasteiger charge is -2.13. The van der Waals surface area contributed by atoms with Crippen LogP contribution in [0.5, 0.6) is 0 Å². The first-order valence-electron chi connectivity index (χ1n) is 4.51. The predicted molar refractivity (Wildman–Crippen MR) is 50.7 cm³/mol. The summed E-state index contributed by atoms with van der Waals surface area (Å²) in [5.74, 6) is -2.43. The maximum absolute atomic E-state index is 11.4. The Morgan fingerprint density at radius 3 is 2.31 bits per heavy atom. The van der Waals surface area contributed by atoms with Crippen molar-refractivity contribution in [3.05, 3.63) is 18.1 Å². The Kier molecular flexibility index (Phi) is 2.35. The highest BCUT2D eigenvalue weighted by Gasteiger charge is 2.34. The first kappa shape index (κ1) is 10.2. The third-order valence-electron chi connectivity index (χ3n) is 2.14. The van der Waals surface area contributed by atoms with Gasteiger partial charge in [0.25, 0.3) is 0 Å². The second-order valence-corrected chi connectivity index (χ2v) is 3.16. The van der Waals surface area contributed by atoms with Crippen LogP contribution in [0.3, 0.4) is 0 Å². The minimum atomic E-state index is -1.32. The Bertz CT molecular complexity index is 469. The van der Waals surface area contributed by atoms with Crippen molar-refractivity contribution in [2.45, 2.75) is 12.8 Å². The van der Waals surface area contributed by atoms with Crippen molar-refractivity contribution in [2.75, 3.05) is 4.90 Å². The Hall–Kier alpha value is -2.31. The summed E-state index contributed by atoms with van der Waals surface area (Å²) in [6, 6.07) is 0. The summed E-state index contributed by atoms with van der Waals surface area (Å²) in [6.45, 7) is 0. The topological polar surface area (TPSA) is 100 Å². The van der Waals surface area contributed by atoms with Gasteiger partial charge in [-0.2, -0.15) is 0 Å². The average molecular weight is 221 g/mol. The smallest absolute Gasteiger partial charge is 0.358 e. The number of amides is 2. The van der Waals surface area contributed by atoms with Crippen LogP contribution in [0.2, 0.25) is 0 Å². The summed E-state index contributed by atoms with van der Waals surface area (Å²) in [5.41, 5.74) is -0.397. The van der Waals surface area contributed by atoms with Gasteiger partial charge in [0.05, 0.1) is 0 Å². The predicted octanol–water partition coefficient (Wildman–Crippen LogP) is -0.172. The van der Waals surface area contributed by atoms with Gasteiger partial charge >= 0.3 is 5.97 Å². The molecule has 82 valence electrons. The summed E-state index contributed by atoms with van der Waals surface area (Å²) in [4.78, 5) is 41.7. The minimum absolute atomic E-state index is 0.0778. The van der Waals surface area contributed by atoms with Crippen molar-refractivity contribution in [1.29, 1.82) is 0 Å². The molecule has 16 heavy (non-hydrogen) atoms. The van der Waals surface area contributed by atoms with Crippen molar-refractivity contribution in [3.63, 3.8) is 0 Å². The fourth-order valence-corrected chi connectivity index (χ4v) is 1.46. The average Bonchev–Trinajstić information content (AvgIpc) is 2.58. The highest BCUT2D eigenvalue weighted by atomic mass is 16.4. The molecular formula is C9H7N3O4. The van der Waals surface area contributed by atoms with E-state index in [2.05, 4.69) is 9.97 Å². The molecule has 1 aromatic rings. The lowest BCUT2D eigenvalue weighted by atomic mass is 10.3. The molecule has 0 aromatic carbocycles. The van der Waals surface area contributed by atoms with E-state index >= 15 is 0 Å². The second-order valence-electron chi connectivity index (χ2n) is 3.16. The van der Waals surface area contributed by atoms with Crippen molar-refractivity contribution in [1.82, 2.24) is 9.97 Å². The summed E-state index contributed by atoms with van der Waals surface area (Å²) < 4.78 is 0. The highest BCUT2D eigenvalue weighted by Crippen LogP contribution is 2.22. The van der Waals surface area contributed by atoms with E-state index in [-0.39, 0.29) is 18.7 Å². The van der Waals surface area contributed by atoms with Gasteiger partial charge in [-0.1, -0.05) is 0 Å². The van der Waals surface area contributed by atoms with Crippen LogP contribution >= 0.6 is 0 Å². The van der Waals surface area contributed by atoms with Crippen LogP contribution in [0.15, 0.2) is 12.4 Å². The monoisotopic (exact) mass is 221 g/mol. The molecule has 2 rings (SSSR count). The van der Waals surface area contributed by atoms with Gasteiger partial charge in [-0.05, 0) is 0 Å². The van der Waals surface area contributed by atoms with Crippen molar-refractivity contribution in [3.8, 4) is 0 Å². The third-order valence-corrected chi connectivity index (χ3v) is 2.14. The molecule has 7 heteroatoms. The van der Waals surface area contributed by atoms with Crippen LogP contribution in [0.25, 0.3) is 0 Å². The van der Waals surface area contributed by atoms with E-state index in [0.29, 0.717) is 0 Å². The molecule has 0 bridgehead atoms. The molecule has 1 N–H and O–H groups in total.